The second-order valence-corrected chi connectivity index (χ2v) is 4.61. The molecule has 13 heavy (non-hydrogen) atoms. The van der Waals surface area contributed by atoms with Crippen LogP contribution >= 0.6 is 0 Å². The molecule has 0 amide bonds. The summed E-state index contributed by atoms with van der Waals surface area (Å²) in [4.78, 5) is 0. The van der Waals surface area contributed by atoms with Crippen molar-refractivity contribution in [2.75, 3.05) is 19.7 Å². The van der Waals surface area contributed by atoms with Crippen LogP contribution in [0.3, 0.4) is 0 Å². The first-order valence-electron chi connectivity index (χ1n) is 4.89. The lowest BCUT2D eigenvalue weighted by Gasteiger charge is -2.29. The van der Waals surface area contributed by atoms with E-state index in [0.29, 0.717) is 12.5 Å². The molecule has 80 valence electrons. The Morgan fingerprint density at radius 1 is 1.31 bits per heavy atom. The molecule has 0 saturated carbocycles. The quantitative estimate of drug-likeness (QED) is 0.574. The second-order valence-electron chi connectivity index (χ2n) is 4.61. The maximum atomic E-state index is 9.08. The summed E-state index contributed by atoms with van der Waals surface area (Å²) in [5.41, 5.74) is 0.231. The van der Waals surface area contributed by atoms with Gasteiger partial charge in [-0.3, -0.25) is 0 Å². The molecule has 0 aromatic rings. The van der Waals surface area contributed by atoms with Crippen LogP contribution in [0.1, 0.15) is 27.7 Å². The molecular formula is C10H23NO2. The molecule has 1 atom stereocenters. The maximum absolute atomic E-state index is 9.08. The Morgan fingerprint density at radius 2 is 1.85 bits per heavy atom. The van der Waals surface area contributed by atoms with Crippen LogP contribution in [-0.2, 0) is 0 Å². The number of rotatable bonds is 6. The van der Waals surface area contributed by atoms with Gasteiger partial charge in [0.05, 0.1) is 12.7 Å². The van der Waals surface area contributed by atoms with Crippen LogP contribution in [0.5, 0.6) is 0 Å². The van der Waals surface area contributed by atoms with E-state index < -0.39 is 6.10 Å². The summed E-state index contributed by atoms with van der Waals surface area (Å²) in [5, 5.41) is 20.8. The topological polar surface area (TPSA) is 52.5 Å². The van der Waals surface area contributed by atoms with Gasteiger partial charge >= 0.3 is 0 Å². The van der Waals surface area contributed by atoms with Crippen molar-refractivity contribution >= 4 is 0 Å². The third-order valence-corrected chi connectivity index (χ3v) is 2.73. The van der Waals surface area contributed by atoms with E-state index in [1.807, 2.05) is 0 Å². The second kappa shape index (κ2) is 5.58. The Labute approximate surface area is 81.2 Å². The monoisotopic (exact) mass is 189 g/mol. The van der Waals surface area contributed by atoms with Gasteiger partial charge in [0.1, 0.15) is 0 Å². The van der Waals surface area contributed by atoms with Gasteiger partial charge in [-0.2, -0.15) is 0 Å². The zero-order chi connectivity index (χ0) is 10.5. The normalized spacial score (nSPS) is 15.0. The predicted octanol–water partition coefficient (Wildman–Crippen LogP) is 0.611. The molecule has 3 heteroatoms. The minimum Gasteiger partial charge on any atom is -0.394 e. The molecule has 1 unspecified atom stereocenters. The summed E-state index contributed by atoms with van der Waals surface area (Å²) in [6.45, 7) is 9.91. The molecule has 0 aliphatic heterocycles. The van der Waals surface area contributed by atoms with Crippen molar-refractivity contribution in [3.8, 4) is 0 Å². The predicted molar refractivity (Wildman–Crippen MR) is 54.6 cm³/mol. The molecule has 0 rings (SSSR count). The van der Waals surface area contributed by atoms with Crippen molar-refractivity contribution in [1.29, 1.82) is 0 Å². The Hall–Kier alpha value is -0.120. The van der Waals surface area contributed by atoms with Gasteiger partial charge in [-0.25, -0.2) is 0 Å². The zero-order valence-electron chi connectivity index (χ0n) is 9.17. The fourth-order valence-electron chi connectivity index (χ4n) is 0.830. The van der Waals surface area contributed by atoms with E-state index in [0.717, 1.165) is 6.54 Å². The lowest BCUT2D eigenvalue weighted by Crippen LogP contribution is -2.38. The molecule has 0 aliphatic rings. The third kappa shape index (κ3) is 5.24. The van der Waals surface area contributed by atoms with Crippen LogP contribution < -0.4 is 5.32 Å². The van der Waals surface area contributed by atoms with Crippen LogP contribution in [0.4, 0.5) is 0 Å². The molecule has 0 spiro atoms. The molecule has 0 aliphatic carbocycles. The van der Waals surface area contributed by atoms with Gasteiger partial charge in [-0.1, -0.05) is 27.7 Å². The van der Waals surface area contributed by atoms with E-state index in [4.69, 9.17) is 10.2 Å². The van der Waals surface area contributed by atoms with Gasteiger partial charge in [0.15, 0.2) is 0 Å². The molecule has 3 N–H and O–H groups in total. The van der Waals surface area contributed by atoms with Gasteiger partial charge < -0.3 is 15.5 Å². The van der Waals surface area contributed by atoms with Gasteiger partial charge in [0.25, 0.3) is 0 Å². The van der Waals surface area contributed by atoms with Crippen molar-refractivity contribution < 1.29 is 10.2 Å². The van der Waals surface area contributed by atoms with Crippen LogP contribution in [0, 0.1) is 11.3 Å². The number of aliphatic hydroxyl groups excluding tert-OH is 2. The highest BCUT2D eigenvalue weighted by Crippen LogP contribution is 2.24. The zero-order valence-corrected chi connectivity index (χ0v) is 9.17. The minimum absolute atomic E-state index is 0.172. The Morgan fingerprint density at radius 3 is 2.23 bits per heavy atom. The fraction of sp³-hybridized carbons (Fsp3) is 1.00. The van der Waals surface area contributed by atoms with Crippen LogP contribution in [0.15, 0.2) is 0 Å². The highest BCUT2D eigenvalue weighted by Gasteiger charge is 2.21. The molecule has 3 nitrogen and oxygen atoms in total. The maximum Gasteiger partial charge on any atom is 0.0894 e. The number of aliphatic hydroxyl groups is 2. The first-order valence-corrected chi connectivity index (χ1v) is 4.89. The van der Waals surface area contributed by atoms with E-state index in [2.05, 4.69) is 33.0 Å². The average Bonchev–Trinajstić information content (AvgIpc) is 2.03. The molecule has 0 aromatic heterocycles. The summed E-state index contributed by atoms with van der Waals surface area (Å²) in [6.07, 6.45) is -0.636. The van der Waals surface area contributed by atoms with Crippen molar-refractivity contribution in [3.05, 3.63) is 0 Å². The lowest BCUT2D eigenvalue weighted by atomic mass is 9.81. The summed E-state index contributed by atoms with van der Waals surface area (Å²) < 4.78 is 0. The SMILES string of the molecule is CC(C)C(C)(C)CNCC(O)CO. The van der Waals surface area contributed by atoms with E-state index in [9.17, 15) is 0 Å². The van der Waals surface area contributed by atoms with Gasteiger partial charge in [-0.15, -0.1) is 0 Å². The number of hydrogen-bond donors (Lipinski definition) is 3. The first kappa shape index (κ1) is 12.9. The van der Waals surface area contributed by atoms with Crippen LogP contribution in [0.25, 0.3) is 0 Å². The Kier molecular flexibility index (Phi) is 5.53. The highest BCUT2D eigenvalue weighted by atomic mass is 16.3. The molecule has 0 aromatic carbocycles. The number of nitrogens with one attached hydrogen (secondary N) is 1. The molecule has 0 radical (unpaired) electrons. The molecule has 0 heterocycles. The third-order valence-electron chi connectivity index (χ3n) is 2.73. The summed E-state index contributed by atoms with van der Waals surface area (Å²) in [6, 6.07) is 0. The van der Waals surface area contributed by atoms with E-state index in [1.54, 1.807) is 0 Å². The molecular weight excluding hydrogens is 166 g/mol. The highest BCUT2D eigenvalue weighted by molar-refractivity contribution is 4.75. The van der Waals surface area contributed by atoms with Crippen molar-refractivity contribution in [2.45, 2.75) is 33.8 Å². The van der Waals surface area contributed by atoms with Crippen molar-refractivity contribution in [3.63, 3.8) is 0 Å². The smallest absolute Gasteiger partial charge is 0.0894 e. The Bertz CT molecular complexity index is 135. The number of hydrogen-bond acceptors (Lipinski definition) is 3. The molecule has 0 bridgehead atoms. The fourth-order valence-corrected chi connectivity index (χ4v) is 0.830. The van der Waals surface area contributed by atoms with Gasteiger partial charge in [0, 0.05) is 13.1 Å². The van der Waals surface area contributed by atoms with Gasteiger partial charge in [-0.05, 0) is 11.3 Å². The molecule has 0 saturated heterocycles. The van der Waals surface area contributed by atoms with Crippen molar-refractivity contribution in [1.82, 2.24) is 5.32 Å². The lowest BCUT2D eigenvalue weighted by molar-refractivity contribution is 0.0901. The van der Waals surface area contributed by atoms with E-state index in [-0.39, 0.29) is 12.0 Å². The summed E-state index contributed by atoms with van der Waals surface area (Å²) in [7, 11) is 0. The first-order chi connectivity index (χ1) is 5.90. The Balaban J connectivity index is 3.63. The standard InChI is InChI=1S/C10H23NO2/c1-8(2)10(3,4)7-11-5-9(13)6-12/h8-9,11-13H,5-7H2,1-4H3. The minimum atomic E-state index is -0.636. The van der Waals surface area contributed by atoms with E-state index in [1.165, 1.54) is 0 Å². The van der Waals surface area contributed by atoms with Crippen molar-refractivity contribution in [2.24, 2.45) is 11.3 Å². The van der Waals surface area contributed by atoms with Gasteiger partial charge in [0.2, 0.25) is 0 Å². The summed E-state index contributed by atoms with van der Waals surface area (Å²) in [5.74, 6) is 0.603. The average molecular weight is 189 g/mol. The molecule has 0 fully saturated rings. The van der Waals surface area contributed by atoms with Crippen LogP contribution in [-0.4, -0.2) is 36.0 Å². The van der Waals surface area contributed by atoms with Crippen LogP contribution in [0.2, 0.25) is 0 Å². The largest absolute Gasteiger partial charge is 0.394 e. The summed E-state index contributed by atoms with van der Waals surface area (Å²) >= 11 is 0. The van der Waals surface area contributed by atoms with E-state index >= 15 is 0 Å².